The smallest absolute Gasteiger partial charge is 0.381 e. The number of piperazine rings is 1. The predicted octanol–water partition coefficient (Wildman–Crippen LogP) is 5.05. The molecule has 1 aliphatic heterocycles. The third-order valence-electron chi connectivity index (χ3n) is 6.62. The van der Waals surface area contributed by atoms with Crippen LogP contribution in [0.4, 0.5) is 18.9 Å². The van der Waals surface area contributed by atoms with E-state index >= 15 is 0 Å². The molecule has 2 unspecified atom stereocenters. The van der Waals surface area contributed by atoms with E-state index in [1.807, 2.05) is 25.8 Å². The molecule has 200 valence electrons. The van der Waals surface area contributed by atoms with Gasteiger partial charge in [-0.2, -0.15) is 13.2 Å². The molecule has 0 radical (unpaired) electrons. The fourth-order valence-corrected chi connectivity index (χ4v) is 4.44. The lowest BCUT2D eigenvalue weighted by Crippen LogP contribution is -2.56. The minimum absolute atomic E-state index is 0.00210. The third kappa shape index (κ3) is 6.30. The van der Waals surface area contributed by atoms with Crippen molar-refractivity contribution in [3.8, 4) is 0 Å². The van der Waals surface area contributed by atoms with Crippen LogP contribution in [0.25, 0.3) is 10.9 Å². The first-order valence-electron chi connectivity index (χ1n) is 12.4. The zero-order valence-electron chi connectivity index (χ0n) is 22.0. The molecular weight excluding hydrogens is 483 g/mol. The SMILES string of the molecule is CC.Cc1nc2cc(C(F)(F)F)c(CNc3ccc(C(=O)N4CC(C)N(C)C(C)C4)cc3)cc2c(=O)[nH]1. The highest BCUT2D eigenvalue weighted by atomic mass is 19.4. The number of hydrogen-bond acceptors (Lipinski definition) is 5. The summed E-state index contributed by atoms with van der Waals surface area (Å²) in [6, 6.07) is 9.31. The van der Waals surface area contributed by atoms with Crippen LogP contribution in [0.3, 0.4) is 0 Å². The average Bonchev–Trinajstić information content (AvgIpc) is 2.86. The van der Waals surface area contributed by atoms with Gasteiger partial charge in [0.2, 0.25) is 0 Å². The van der Waals surface area contributed by atoms with Crippen molar-refractivity contribution >= 4 is 22.5 Å². The molecule has 1 aromatic heterocycles. The maximum absolute atomic E-state index is 13.7. The molecule has 7 nitrogen and oxygen atoms in total. The van der Waals surface area contributed by atoms with Gasteiger partial charge in [0.15, 0.2) is 0 Å². The molecule has 4 rings (SSSR count). The number of H-pyrrole nitrogens is 1. The lowest BCUT2D eigenvalue weighted by atomic mass is 10.0. The summed E-state index contributed by atoms with van der Waals surface area (Å²) in [6.07, 6.45) is -4.60. The number of nitrogens with one attached hydrogen (secondary N) is 2. The Morgan fingerprint density at radius 1 is 1.11 bits per heavy atom. The minimum Gasteiger partial charge on any atom is -0.381 e. The van der Waals surface area contributed by atoms with Gasteiger partial charge in [-0.15, -0.1) is 0 Å². The zero-order chi connectivity index (χ0) is 27.5. The van der Waals surface area contributed by atoms with Gasteiger partial charge in [0.05, 0.1) is 16.5 Å². The first-order chi connectivity index (χ1) is 17.4. The van der Waals surface area contributed by atoms with Crippen molar-refractivity contribution in [2.45, 2.75) is 59.4 Å². The number of aromatic amines is 1. The lowest BCUT2D eigenvalue weighted by molar-refractivity contribution is -0.138. The number of hydrogen-bond donors (Lipinski definition) is 2. The Balaban J connectivity index is 0.00000186. The number of likely N-dealkylation sites (N-methyl/N-ethyl adjacent to an activating group) is 1. The van der Waals surface area contributed by atoms with Crippen LogP contribution in [-0.4, -0.2) is 57.9 Å². The van der Waals surface area contributed by atoms with Crippen molar-refractivity contribution in [2.75, 3.05) is 25.5 Å². The number of fused-ring (bicyclic) bond motifs is 1. The van der Waals surface area contributed by atoms with Crippen LogP contribution in [0.5, 0.6) is 0 Å². The third-order valence-corrected chi connectivity index (χ3v) is 6.62. The van der Waals surface area contributed by atoms with Gasteiger partial charge in [0, 0.05) is 43.0 Å². The van der Waals surface area contributed by atoms with Gasteiger partial charge >= 0.3 is 6.18 Å². The molecule has 1 saturated heterocycles. The standard InChI is InChI=1S/C25H28F3N5O2.C2H6/c1-14-12-33(13-15(2)32(14)4)24(35)17-5-7-19(8-6-17)29-11-18-9-20-22(10-21(18)25(26,27)28)30-16(3)31-23(20)34;1-2/h5-10,14-15,29H,11-13H2,1-4H3,(H,30,31,34);1-2H3. The fraction of sp³-hybridized carbons (Fsp3) is 0.444. The molecule has 2 heterocycles. The molecule has 1 amide bonds. The number of alkyl halides is 3. The van der Waals surface area contributed by atoms with Crippen LogP contribution in [0.2, 0.25) is 0 Å². The van der Waals surface area contributed by atoms with Crippen LogP contribution in [-0.2, 0) is 12.7 Å². The molecule has 2 aromatic carbocycles. The topological polar surface area (TPSA) is 81.3 Å². The number of rotatable bonds is 4. The number of carbonyl (C=O) groups is 1. The predicted molar refractivity (Wildman–Crippen MR) is 140 cm³/mol. The van der Waals surface area contributed by atoms with Gasteiger partial charge in [-0.1, -0.05) is 13.8 Å². The van der Waals surface area contributed by atoms with E-state index in [9.17, 15) is 22.8 Å². The van der Waals surface area contributed by atoms with Crippen molar-refractivity contribution < 1.29 is 18.0 Å². The molecule has 0 bridgehead atoms. The van der Waals surface area contributed by atoms with E-state index in [-0.39, 0.29) is 46.8 Å². The number of benzene rings is 2. The second-order valence-corrected chi connectivity index (χ2v) is 9.18. The molecular formula is C27H34F3N5O2. The van der Waals surface area contributed by atoms with E-state index in [1.54, 1.807) is 24.3 Å². The first kappa shape index (κ1) is 28.2. The van der Waals surface area contributed by atoms with Crippen LogP contribution < -0.4 is 10.9 Å². The van der Waals surface area contributed by atoms with Gasteiger partial charge in [0.1, 0.15) is 5.82 Å². The van der Waals surface area contributed by atoms with Crippen LogP contribution in [0.15, 0.2) is 41.2 Å². The molecule has 3 aromatic rings. The van der Waals surface area contributed by atoms with Crippen LogP contribution in [0.1, 0.15) is 55.0 Å². The van der Waals surface area contributed by atoms with Gasteiger partial charge in [-0.25, -0.2) is 4.98 Å². The van der Waals surface area contributed by atoms with Crippen LogP contribution in [0, 0.1) is 6.92 Å². The summed E-state index contributed by atoms with van der Waals surface area (Å²) >= 11 is 0. The zero-order valence-corrected chi connectivity index (χ0v) is 22.0. The molecule has 2 N–H and O–H groups in total. The molecule has 2 atom stereocenters. The van der Waals surface area contributed by atoms with E-state index < -0.39 is 17.3 Å². The van der Waals surface area contributed by atoms with Gasteiger partial charge < -0.3 is 15.2 Å². The maximum atomic E-state index is 13.7. The number of amides is 1. The largest absolute Gasteiger partial charge is 0.416 e. The Kier molecular flexibility index (Phi) is 8.63. The minimum atomic E-state index is -4.60. The maximum Gasteiger partial charge on any atom is 0.416 e. The van der Waals surface area contributed by atoms with Crippen molar-refractivity contribution in [2.24, 2.45) is 0 Å². The van der Waals surface area contributed by atoms with E-state index in [4.69, 9.17) is 0 Å². The molecule has 0 aliphatic carbocycles. The van der Waals surface area contributed by atoms with Crippen LogP contribution >= 0.6 is 0 Å². The highest BCUT2D eigenvalue weighted by Gasteiger charge is 2.34. The summed E-state index contributed by atoms with van der Waals surface area (Å²) in [6.45, 7) is 10.8. The Bertz CT molecular complexity index is 1290. The summed E-state index contributed by atoms with van der Waals surface area (Å²) in [4.78, 5) is 35.8. The van der Waals surface area contributed by atoms with E-state index in [0.29, 0.717) is 24.3 Å². The van der Waals surface area contributed by atoms with Crippen molar-refractivity contribution in [3.63, 3.8) is 0 Å². The summed E-state index contributed by atoms with van der Waals surface area (Å²) in [5.41, 5.74) is -0.322. The number of anilines is 1. The lowest BCUT2D eigenvalue weighted by Gasteiger charge is -2.42. The first-order valence-corrected chi connectivity index (χ1v) is 12.4. The average molecular weight is 518 g/mol. The number of aromatic nitrogens is 2. The number of aryl methyl sites for hydroxylation is 1. The summed E-state index contributed by atoms with van der Waals surface area (Å²) in [7, 11) is 2.05. The Labute approximate surface area is 214 Å². The molecule has 1 fully saturated rings. The highest BCUT2D eigenvalue weighted by Crippen LogP contribution is 2.34. The highest BCUT2D eigenvalue weighted by molar-refractivity contribution is 5.94. The molecule has 37 heavy (non-hydrogen) atoms. The molecule has 10 heteroatoms. The fourth-order valence-electron chi connectivity index (χ4n) is 4.44. The summed E-state index contributed by atoms with van der Waals surface area (Å²) in [5.74, 6) is 0.177. The van der Waals surface area contributed by atoms with E-state index in [1.165, 1.54) is 13.0 Å². The molecule has 0 spiro atoms. The van der Waals surface area contributed by atoms with Crippen molar-refractivity contribution in [1.82, 2.24) is 19.8 Å². The van der Waals surface area contributed by atoms with E-state index in [0.717, 1.165) is 6.07 Å². The van der Waals surface area contributed by atoms with Gasteiger partial charge in [0.25, 0.3) is 11.5 Å². The molecule has 1 aliphatic rings. The number of carbonyl (C=O) groups excluding carboxylic acids is 1. The van der Waals surface area contributed by atoms with E-state index in [2.05, 4.69) is 34.0 Å². The number of nitrogens with zero attached hydrogens (tertiary/aromatic N) is 3. The molecule has 0 saturated carbocycles. The Morgan fingerprint density at radius 3 is 2.27 bits per heavy atom. The second-order valence-electron chi connectivity index (χ2n) is 9.18. The van der Waals surface area contributed by atoms with Crippen molar-refractivity contribution in [3.05, 3.63) is 69.3 Å². The normalized spacial score (nSPS) is 18.4. The summed E-state index contributed by atoms with van der Waals surface area (Å²) in [5, 5.41) is 3.06. The Hall–Kier alpha value is -3.40. The van der Waals surface area contributed by atoms with Gasteiger partial charge in [-0.05, 0) is 69.8 Å². The van der Waals surface area contributed by atoms with Gasteiger partial charge in [-0.3, -0.25) is 14.5 Å². The monoisotopic (exact) mass is 517 g/mol. The Morgan fingerprint density at radius 2 is 1.70 bits per heavy atom. The second kappa shape index (κ2) is 11.3. The summed E-state index contributed by atoms with van der Waals surface area (Å²) < 4.78 is 41.1. The number of halogens is 3. The quantitative estimate of drug-likeness (QED) is 0.506. The van der Waals surface area contributed by atoms with Crippen molar-refractivity contribution in [1.29, 1.82) is 0 Å².